The molecule has 1 aliphatic rings. The van der Waals surface area contributed by atoms with E-state index in [-0.39, 0.29) is 6.61 Å². The number of likely N-dealkylation sites (tertiary alicyclic amines) is 1. The lowest BCUT2D eigenvalue weighted by atomic mass is 10.2. The number of rotatable bonds is 5. The summed E-state index contributed by atoms with van der Waals surface area (Å²) >= 11 is 0. The van der Waals surface area contributed by atoms with Crippen molar-refractivity contribution < 1.29 is 14.4 Å². The number of amidine groups is 1. The van der Waals surface area contributed by atoms with Gasteiger partial charge in [0.1, 0.15) is 11.4 Å². The lowest BCUT2D eigenvalue weighted by Crippen LogP contribution is -2.29. The van der Waals surface area contributed by atoms with Gasteiger partial charge >= 0.3 is 6.09 Å². The third kappa shape index (κ3) is 6.48. The molecule has 0 bridgehead atoms. The van der Waals surface area contributed by atoms with Crippen LogP contribution in [0.15, 0.2) is 53.7 Å². The Morgan fingerprint density at radius 2 is 1.83 bits per heavy atom. The summed E-state index contributed by atoms with van der Waals surface area (Å²) in [6, 6.07) is 15.4. The molecule has 0 spiro atoms. The first-order valence-electron chi connectivity index (χ1n) is 9.87. The Morgan fingerprint density at radius 3 is 2.52 bits per heavy atom. The number of ether oxygens (including phenoxy) is 1. The summed E-state index contributed by atoms with van der Waals surface area (Å²) in [5.74, 6) is 1.25. The molecule has 0 atom stereocenters. The minimum absolute atomic E-state index is 0.202. The van der Waals surface area contributed by atoms with Gasteiger partial charge in [0.2, 0.25) is 0 Å². The average molecular weight is 396 g/mol. The molecule has 1 aromatic heterocycles. The maximum atomic E-state index is 11.9. The smallest absolute Gasteiger partial charge is 0.413 e. The second-order valence-electron chi connectivity index (χ2n) is 7.89. The van der Waals surface area contributed by atoms with E-state index in [4.69, 9.17) is 9.57 Å². The van der Waals surface area contributed by atoms with Crippen molar-refractivity contribution in [2.24, 2.45) is 5.16 Å². The van der Waals surface area contributed by atoms with E-state index in [0.29, 0.717) is 11.5 Å². The lowest BCUT2D eigenvalue weighted by molar-refractivity contribution is 0.0635. The summed E-state index contributed by atoms with van der Waals surface area (Å²) in [6.45, 7) is 7.59. The van der Waals surface area contributed by atoms with Crippen LogP contribution in [0.2, 0.25) is 0 Å². The molecule has 1 aliphatic heterocycles. The van der Waals surface area contributed by atoms with E-state index in [0.717, 1.165) is 37.3 Å². The number of hydrogen-bond acceptors (Lipinski definition) is 5. The van der Waals surface area contributed by atoms with Gasteiger partial charge in [-0.15, -0.1) is 0 Å². The molecule has 0 saturated carbocycles. The number of carbonyl (C=O) groups is 1. The summed E-state index contributed by atoms with van der Waals surface area (Å²) in [6.07, 6.45) is 1.78. The van der Waals surface area contributed by atoms with E-state index < -0.39 is 11.7 Å². The molecule has 1 fully saturated rings. The van der Waals surface area contributed by atoms with Crippen LogP contribution in [0.5, 0.6) is 0 Å². The Morgan fingerprint density at radius 1 is 1.10 bits per heavy atom. The van der Waals surface area contributed by atoms with Crippen molar-refractivity contribution in [2.75, 3.05) is 18.4 Å². The zero-order chi connectivity index (χ0) is 20.7. The Bertz CT molecular complexity index is 841. The number of pyridine rings is 1. The van der Waals surface area contributed by atoms with Crippen molar-refractivity contribution in [1.82, 2.24) is 9.88 Å². The summed E-state index contributed by atoms with van der Waals surface area (Å²) in [5.41, 5.74) is 1.13. The molecule has 0 aliphatic carbocycles. The Labute approximate surface area is 171 Å². The van der Waals surface area contributed by atoms with E-state index in [1.54, 1.807) is 12.1 Å². The molecule has 29 heavy (non-hydrogen) atoms. The van der Waals surface area contributed by atoms with Crippen molar-refractivity contribution in [3.63, 3.8) is 0 Å². The molecule has 2 aromatic rings. The minimum atomic E-state index is -0.567. The molecule has 3 rings (SSSR count). The molecule has 2 heterocycles. The molecule has 154 valence electrons. The van der Waals surface area contributed by atoms with E-state index in [2.05, 4.69) is 20.4 Å². The van der Waals surface area contributed by atoms with Gasteiger partial charge in [-0.1, -0.05) is 41.6 Å². The Kier molecular flexibility index (Phi) is 6.69. The lowest BCUT2D eigenvalue weighted by Gasteiger charge is -2.20. The highest BCUT2D eigenvalue weighted by Crippen LogP contribution is 2.15. The van der Waals surface area contributed by atoms with Gasteiger partial charge in [0.25, 0.3) is 0 Å². The zero-order valence-corrected chi connectivity index (χ0v) is 17.2. The average Bonchev–Trinajstić information content (AvgIpc) is 3.19. The molecule has 7 heteroatoms. The highest BCUT2D eigenvalue weighted by atomic mass is 16.6. The molecule has 1 amide bonds. The summed E-state index contributed by atoms with van der Waals surface area (Å²) in [7, 11) is 0. The van der Waals surface area contributed by atoms with Gasteiger partial charge in [0.05, 0.1) is 5.69 Å². The summed E-state index contributed by atoms with van der Waals surface area (Å²) < 4.78 is 5.25. The van der Waals surface area contributed by atoms with Crippen LogP contribution in [0.3, 0.4) is 0 Å². The molecular formula is C22H28N4O3. The molecule has 0 unspecified atom stereocenters. The van der Waals surface area contributed by atoms with E-state index >= 15 is 0 Å². The van der Waals surface area contributed by atoms with Crippen LogP contribution in [0.25, 0.3) is 0 Å². The number of carbonyl (C=O) groups excluding carboxylic acids is 1. The van der Waals surface area contributed by atoms with Crippen LogP contribution in [-0.4, -0.2) is 40.5 Å². The van der Waals surface area contributed by atoms with Gasteiger partial charge < -0.3 is 14.5 Å². The molecule has 1 saturated heterocycles. The number of aromatic nitrogens is 1. The number of hydrogen-bond donors (Lipinski definition) is 1. The minimum Gasteiger partial charge on any atom is -0.444 e. The second kappa shape index (κ2) is 9.41. The normalized spacial score (nSPS) is 14.6. The van der Waals surface area contributed by atoms with Crippen LogP contribution < -0.4 is 5.32 Å². The molecule has 1 aromatic carbocycles. The number of benzene rings is 1. The van der Waals surface area contributed by atoms with Crippen molar-refractivity contribution in [3.05, 3.63) is 59.8 Å². The summed E-state index contributed by atoms with van der Waals surface area (Å²) in [4.78, 5) is 24.2. The largest absolute Gasteiger partial charge is 0.444 e. The fraction of sp³-hybridized carbons (Fsp3) is 0.409. The molecule has 7 nitrogen and oxygen atoms in total. The van der Waals surface area contributed by atoms with Gasteiger partial charge in [-0.3, -0.25) is 5.32 Å². The number of amides is 1. The summed E-state index contributed by atoms with van der Waals surface area (Å²) in [5, 5.41) is 7.04. The SMILES string of the molecule is CC(C)(C)OC(=O)Nc1cccc(CO/N=C(/c2ccccc2)N2CCCC2)n1. The van der Waals surface area contributed by atoms with E-state index in [9.17, 15) is 4.79 Å². The van der Waals surface area contributed by atoms with Gasteiger partial charge in [-0.05, 0) is 45.7 Å². The molecular weight excluding hydrogens is 368 g/mol. The molecule has 1 N–H and O–H groups in total. The van der Waals surface area contributed by atoms with Crippen molar-refractivity contribution in [3.8, 4) is 0 Å². The quantitative estimate of drug-likeness (QED) is 0.460. The predicted octanol–water partition coefficient (Wildman–Crippen LogP) is 4.40. The van der Waals surface area contributed by atoms with Crippen LogP contribution in [0.4, 0.5) is 10.6 Å². The van der Waals surface area contributed by atoms with Gasteiger partial charge in [0, 0.05) is 18.7 Å². The number of nitrogens with one attached hydrogen (secondary N) is 1. The van der Waals surface area contributed by atoms with Gasteiger partial charge in [0.15, 0.2) is 12.4 Å². The first-order chi connectivity index (χ1) is 13.9. The second-order valence-corrected chi connectivity index (χ2v) is 7.89. The number of anilines is 1. The van der Waals surface area contributed by atoms with Gasteiger partial charge in [-0.25, -0.2) is 9.78 Å². The van der Waals surface area contributed by atoms with E-state index in [1.807, 2.05) is 57.2 Å². The van der Waals surface area contributed by atoms with Crippen LogP contribution >= 0.6 is 0 Å². The third-order valence-corrected chi connectivity index (χ3v) is 4.24. The fourth-order valence-corrected chi connectivity index (χ4v) is 3.01. The number of oxime groups is 1. The predicted molar refractivity (Wildman–Crippen MR) is 113 cm³/mol. The highest BCUT2D eigenvalue weighted by molar-refractivity contribution is 5.98. The Hall–Kier alpha value is -3.09. The fourth-order valence-electron chi connectivity index (χ4n) is 3.01. The highest BCUT2D eigenvalue weighted by Gasteiger charge is 2.19. The van der Waals surface area contributed by atoms with Crippen molar-refractivity contribution in [2.45, 2.75) is 45.8 Å². The maximum Gasteiger partial charge on any atom is 0.413 e. The van der Waals surface area contributed by atoms with Gasteiger partial charge in [-0.2, -0.15) is 0 Å². The van der Waals surface area contributed by atoms with Crippen molar-refractivity contribution >= 4 is 17.7 Å². The van der Waals surface area contributed by atoms with Crippen LogP contribution in [0, 0.1) is 0 Å². The third-order valence-electron chi connectivity index (χ3n) is 4.24. The standard InChI is InChI=1S/C22H28N4O3/c1-22(2,3)29-21(27)24-19-13-9-12-18(23-19)16-28-25-20(26-14-7-8-15-26)17-10-5-4-6-11-17/h4-6,9-13H,7-8,14-16H2,1-3H3,(H,23,24,27)/b25-20-. The maximum absolute atomic E-state index is 11.9. The van der Waals surface area contributed by atoms with E-state index in [1.165, 1.54) is 0 Å². The van der Waals surface area contributed by atoms with Crippen LogP contribution in [0.1, 0.15) is 44.9 Å². The Balaban J connectivity index is 1.64. The molecule has 0 radical (unpaired) electrons. The van der Waals surface area contributed by atoms with Crippen molar-refractivity contribution in [1.29, 1.82) is 0 Å². The number of nitrogens with zero attached hydrogens (tertiary/aromatic N) is 3. The van der Waals surface area contributed by atoms with Crippen LogP contribution in [-0.2, 0) is 16.2 Å². The monoisotopic (exact) mass is 396 g/mol. The topological polar surface area (TPSA) is 76.1 Å². The first-order valence-corrected chi connectivity index (χ1v) is 9.87. The zero-order valence-electron chi connectivity index (χ0n) is 17.2. The first kappa shape index (κ1) is 20.6.